The molecule has 0 radical (unpaired) electrons. The Labute approximate surface area is 104 Å². The number of amides is 2. The molecule has 1 aromatic rings. The highest BCUT2D eigenvalue weighted by atomic mass is 16.2. The van der Waals surface area contributed by atoms with Gasteiger partial charge in [-0.25, -0.2) is 5.43 Å². The number of rotatable bonds is 4. The lowest BCUT2D eigenvalue weighted by atomic mass is 10.2. The molecule has 0 unspecified atom stereocenters. The second-order valence-corrected chi connectivity index (χ2v) is 3.43. The van der Waals surface area contributed by atoms with Crippen LogP contribution in [0.5, 0.6) is 0 Å². The quantitative estimate of drug-likeness (QED) is 0.611. The molecule has 0 saturated carbocycles. The lowest BCUT2D eigenvalue weighted by molar-refractivity contribution is -0.120. The minimum absolute atomic E-state index is 0.139. The number of hydrogen-bond donors (Lipinski definition) is 2. The second-order valence-electron chi connectivity index (χ2n) is 3.43. The number of benzene rings is 1. The molecule has 0 aliphatic heterocycles. The van der Waals surface area contributed by atoms with Crippen LogP contribution in [0.3, 0.4) is 0 Å². The summed E-state index contributed by atoms with van der Waals surface area (Å²) >= 11 is 0. The number of hydrazone groups is 1. The molecule has 0 aliphatic carbocycles. The van der Waals surface area contributed by atoms with Gasteiger partial charge in [-0.2, -0.15) is 10.4 Å². The van der Waals surface area contributed by atoms with E-state index < -0.39 is 5.91 Å². The molecule has 2 N–H and O–H groups in total. The molecular formula is C12H12N4O2. The minimum atomic E-state index is -0.455. The Bertz CT molecular complexity index is 500. The summed E-state index contributed by atoms with van der Waals surface area (Å²) in [5.41, 5.74) is 3.67. The van der Waals surface area contributed by atoms with Crippen LogP contribution in [0.25, 0.3) is 0 Å². The summed E-state index contributed by atoms with van der Waals surface area (Å²) in [5.74, 6) is -0.594. The second kappa shape index (κ2) is 6.81. The Morgan fingerprint density at radius 3 is 2.61 bits per heavy atom. The van der Waals surface area contributed by atoms with Gasteiger partial charge in [0.1, 0.15) is 6.42 Å². The number of carbonyl (C=O) groups excluding carboxylic acids is 2. The van der Waals surface area contributed by atoms with E-state index in [9.17, 15) is 9.59 Å². The number of nitrogens with one attached hydrogen (secondary N) is 2. The first kappa shape index (κ1) is 13.4. The molecule has 0 spiro atoms. The zero-order chi connectivity index (χ0) is 13.4. The minimum Gasteiger partial charge on any atom is -0.326 e. The van der Waals surface area contributed by atoms with Crippen molar-refractivity contribution in [2.45, 2.75) is 13.3 Å². The maximum Gasteiger partial charge on any atom is 0.254 e. The largest absolute Gasteiger partial charge is 0.326 e. The lowest BCUT2D eigenvalue weighted by Gasteiger charge is -2.01. The Morgan fingerprint density at radius 2 is 2.06 bits per heavy atom. The van der Waals surface area contributed by atoms with E-state index >= 15 is 0 Å². The van der Waals surface area contributed by atoms with Crippen LogP contribution in [-0.4, -0.2) is 18.0 Å². The monoisotopic (exact) mass is 244 g/mol. The summed E-state index contributed by atoms with van der Waals surface area (Å²) in [6.45, 7) is 1.43. The van der Waals surface area contributed by atoms with Crippen LogP contribution in [0.1, 0.15) is 18.9 Å². The van der Waals surface area contributed by atoms with E-state index in [2.05, 4.69) is 15.8 Å². The van der Waals surface area contributed by atoms with E-state index in [0.29, 0.717) is 5.69 Å². The van der Waals surface area contributed by atoms with Crippen molar-refractivity contribution in [2.75, 3.05) is 5.32 Å². The third-order valence-electron chi connectivity index (χ3n) is 1.87. The smallest absolute Gasteiger partial charge is 0.254 e. The highest BCUT2D eigenvalue weighted by Crippen LogP contribution is 2.07. The summed E-state index contributed by atoms with van der Waals surface area (Å²) in [5, 5.41) is 14.6. The van der Waals surface area contributed by atoms with E-state index in [4.69, 9.17) is 5.26 Å². The van der Waals surface area contributed by atoms with Crippen molar-refractivity contribution in [3.8, 4) is 6.07 Å². The van der Waals surface area contributed by atoms with Crippen LogP contribution in [-0.2, 0) is 9.59 Å². The van der Waals surface area contributed by atoms with Crippen molar-refractivity contribution >= 4 is 23.7 Å². The van der Waals surface area contributed by atoms with Gasteiger partial charge in [0.2, 0.25) is 5.91 Å². The van der Waals surface area contributed by atoms with Gasteiger partial charge >= 0.3 is 0 Å². The molecule has 6 heteroatoms. The Balaban J connectivity index is 2.53. The first-order valence-corrected chi connectivity index (χ1v) is 5.18. The molecule has 0 aliphatic rings. The van der Waals surface area contributed by atoms with Crippen LogP contribution in [0.2, 0.25) is 0 Å². The Hall–Kier alpha value is -2.68. The SMILES string of the molecule is CC(=O)Nc1ccc(C=NNC(=O)CC#N)cc1. The van der Waals surface area contributed by atoms with Gasteiger partial charge in [-0.3, -0.25) is 9.59 Å². The van der Waals surface area contributed by atoms with E-state index in [-0.39, 0.29) is 12.3 Å². The fraction of sp³-hybridized carbons (Fsp3) is 0.167. The number of nitrogens with zero attached hydrogens (tertiary/aromatic N) is 2. The molecule has 0 atom stereocenters. The van der Waals surface area contributed by atoms with E-state index in [1.165, 1.54) is 13.1 Å². The summed E-state index contributed by atoms with van der Waals surface area (Å²) in [7, 11) is 0. The van der Waals surface area contributed by atoms with Crippen molar-refractivity contribution in [2.24, 2.45) is 5.10 Å². The van der Waals surface area contributed by atoms with Crippen molar-refractivity contribution in [3.63, 3.8) is 0 Å². The predicted molar refractivity (Wildman–Crippen MR) is 66.7 cm³/mol. The van der Waals surface area contributed by atoms with Crippen LogP contribution in [0, 0.1) is 11.3 Å². The van der Waals surface area contributed by atoms with Crippen molar-refractivity contribution in [3.05, 3.63) is 29.8 Å². The molecule has 0 heterocycles. The third kappa shape index (κ3) is 4.90. The molecular weight excluding hydrogens is 232 g/mol. The molecule has 0 aromatic heterocycles. The fourth-order valence-electron chi connectivity index (χ4n) is 1.15. The van der Waals surface area contributed by atoms with E-state index in [0.717, 1.165) is 5.56 Å². The Morgan fingerprint density at radius 1 is 1.39 bits per heavy atom. The summed E-state index contributed by atoms with van der Waals surface area (Å²) in [6, 6.07) is 8.64. The van der Waals surface area contributed by atoms with Gasteiger partial charge in [-0.15, -0.1) is 0 Å². The maximum absolute atomic E-state index is 10.9. The maximum atomic E-state index is 10.9. The Kier molecular flexibility index (Phi) is 5.06. The topological polar surface area (TPSA) is 94.3 Å². The van der Waals surface area contributed by atoms with Gasteiger partial charge in [-0.05, 0) is 17.7 Å². The van der Waals surface area contributed by atoms with Crippen LogP contribution >= 0.6 is 0 Å². The van der Waals surface area contributed by atoms with Crippen molar-refractivity contribution in [1.82, 2.24) is 5.43 Å². The van der Waals surface area contributed by atoms with Gasteiger partial charge in [0.25, 0.3) is 5.91 Å². The average molecular weight is 244 g/mol. The van der Waals surface area contributed by atoms with Gasteiger partial charge in [0, 0.05) is 12.6 Å². The molecule has 2 amide bonds. The highest BCUT2D eigenvalue weighted by Gasteiger charge is 1.96. The molecule has 6 nitrogen and oxygen atoms in total. The summed E-state index contributed by atoms with van der Waals surface area (Å²) < 4.78 is 0. The number of carbonyl (C=O) groups is 2. The lowest BCUT2D eigenvalue weighted by Crippen LogP contribution is -2.16. The first-order chi connectivity index (χ1) is 8.61. The molecule has 1 aromatic carbocycles. The number of anilines is 1. The van der Waals surface area contributed by atoms with Crippen LogP contribution in [0.15, 0.2) is 29.4 Å². The molecule has 92 valence electrons. The van der Waals surface area contributed by atoms with Crippen LogP contribution in [0.4, 0.5) is 5.69 Å². The highest BCUT2D eigenvalue weighted by molar-refractivity contribution is 5.89. The molecule has 0 bridgehead atoms. The molecule has 0 saturated heterocycles. The zero-order valence-electron chi connectivity index (χ0n) is 9.80. The van der Waals surface area contributed by atoms with Crippen molar-refractivity contribution < 1.29 is 9.59 Å². The number of nitriles is 1. The van der Waals surface area contributed by atoms with Gasteiger partial charge < -0.3 is 5.32 Å². The summed E-state index contributed by atoms with van der Waals surface area (Å²) in [4.78, 5) is 21.7. The van der Waals surface area contributed by atoms with Crippen LogP contribution < -0.4 is 10.7 Å². The standard InChI is InChI=1S/C12H12N4O2/c1-9(17)15-11-4-2-10(3-5-11)8-14-16-12(18)6-7-13/h2-5,8H,6H2,1H3,(H,15,17)(H,16,18). The normalized spacial score (nSPS) is 9.78. The first-order valence-electron chi connectivity index (χ1n) is 5.18. The number of hydrogen-bond acceptors (Lipinski definition) is 4. The molecule has 1 rings (SSSR count). The average Bonchev–Trinajstić information content (AvgIpc) is 2.31. The fourth-order valence-corrected chi connectivity index (χ4v) is 1.15. The van der Waals surface area contributed by atoms with E-state index in [1.54, 1.807) is 30.3 Å². The molecule has 0 fully saturated rings. The zero-order valence-corrected chi connectivity index (χ0v) is 9.80. The van der Waals surface area contributed by atoms with E-state index in [1.807, 2.05) is 0 Å². The van der Waals surface area contributed by atoms with Gasteiger partial charge in [0.15, 0.2) is 0 Å². The summed E-state index contributed by atoms with van der Waals surface area (Å²) in [6.07, 6.45) is 1.23. The molecule has 18 heavy (non-hydrogen) atoms. The van der Waals surface area contributed by atoms with Gasteiger partial charge in [0.05, 0.1) is 12.3 Å². The third-order valence-corrected chi connectivity index (χ3v) is 1.87. The van der Waals surface area contributed by atoms with Crippen molar-refractivity contribution in [1.29, 1.82) is 5.26 Å². The van der Waals surface area contributed by atoms with Gasteiger partial charge in [-0.1, -0.05) is 12.1 Å². The predicted octanol–water partition coefficient (Wildman–Crippen LogP) is 1.01.